The molecule has 0 aliphatic heterocycles. The molecule has 0 radical (unpaired) electrons. The number of aromatic nitrogens is 2. The predicted molar refractivity (Wildman–Crippen MR) is 65.9 cm³/mol. The fourth-order valence-electron chi connectivity index (χ4n) is 1.78. The van der Waals surface area contributed by atoms with E-state index >= 15 is 0 Å². The average molecular weight is 315 g/mol. The Hall–Kier alpha value is -2.96. The van der Waals surface area contributed by atoms with Crippen molar-refractivity contribution in [2.45, 2.75) is 6.18 Å². The molecule has 0 saturated carbocycles. The van der Waals surface area contributed by atoms with Gasteiger partial charge in [0.15, 0.2) is 0 Å². The lowest BCUT2D eigenvalue weighted by Crippen LogP contribution is -2.12. The van der Waals surface area contributed by atoms with Gasteiger partial charge in [-0.3, -0.25) is 0 Å². The Morgan fingerprint density at radius 2 is 1.73 bits per heavy atom. The summed E-state index contributed by atoms with van der Waals surface area (Å²) in [5.41, 5.74) is 6.47. The van der Waals surface area contributed by atoms with Crippen LogP contribution in [0.15, 0.2) is 12.1 Å². The minimum Gasteiger partial charge on any atom is -0.382 e. The molecule has 2 aromatic rings. The van der Waals surface area contributed by atoms with Crippen molar-refractivity contribution in [3.8, 4) is 17.3 Å². The van der Waals surface area contributed by atoms with E-state index in [2.05, 4.69) is 9.97 Å². The van der Waals surface area contributed by atoms with Crippen LogP contribution in [0.1, 0.15) is 11.1 Å². The molecule has 0 fully saturated rings. The molecule has 1 aromatic heterocycles. The van der Waals surface area contributed by atoms with E-state index in [0.717, 1.165) is 0 Å². The van der Waals surface area contributed by atoms with Gasteiger partial charge in [0.25, 0.3) is 0 Å². The summed E-state index contributed by atoms with van der Waals surface area (Å²) in [5, 5.41) is 8.94. The molecule has 4 N–H and O–H groups in total. The summed E-state index contributed by atoms with van der Waals surface area (Å²) in [5.74, 6) is -4.30. The van der Waals surface area contributed by atoms with Gasteiger partial charge in [-0.1, -0.05) is 0 Å². The van der Waals surface area contributed by atoms with Crippen molar-refractivity contribution in [3.05, 3.63) is 34.9 Å². The van der Waals surface area contributed by atoms with E-state index < -0.39 is 52.0 Å². The molecule has 0 saturated heterocycles. The molecule has 10 heteroatoms. The van der Waals surface area contributed by atoms with Gasteiger partial charge in [0.05, 0.1) is 11.1 Å². The largest absolute Gasteiger partial charge is 0.419 e. The zero-order valence-corrected chi connectivity index (χ0v) is 10.5. The minimum absolute atomic E-state index is 0.244. The number of alkyl halides is 3. The second-order valence-corrected chi connectivity index (χ2v) is 4.08. The first kappa shape index (κ1) is 15.4. The van der Waals surface area contributed by atoms with Crippen LogP contribution in [-0.2, 0) is 6.18 Å². The van der Waals surface area contributed by atoms with Gasteiger partial charge in [-0.15, -0.1) is 0 Å². The van der Waals surface area contributed by atoms with Crippen LogP contribution in [0.4, 0.5) is 33.7 Å². The topological polar surface area (TPSA) is 102 Å². The summed E-state index contributed by atoms with van der Waals surface area (Å²) in [7, 11) is 0. The first-order valence-electron chi connectivity index (χ1n) is 5.55. The van der Waals surface area contributed by atoms with Gasteiger partial charge >= 0.3 is 6.18 Å². The number of nitriles is 1. The van der Waals surface area contributed by atoms with Crippen LogP contribution in [0.2, 0.25) is 0 Å². The van der Waals surface area contributed by atoms with E-state index in [4.69, 9.17) is 16.7 Å². The van der Waals surface area contributed by atoms with Gasteiger partial charge in [0.1, 0.15) is 34.8 Å². The number of rotatable bonds is 1. The maximum atomic E-state index is 14.1. The number of halogens is 5. The third-order valence-corrected chi connectivity index (χ3v) is 2.70. The molecule has 5 nitrogen and oxygen atoms in total. The fourth-order valence-corrected chi connectivity index (χ4v) is 1.78. The standard InChI is InChI=1S/C12H6F5N5/c13-6-2-1-5(12(15,16)17)8(14)7(6)9-4(3-18)10(19)22-11(20)21-9/h1-2H,(H4,19,20,21,22). The lowest BCUT2D eigenvalue weighted by atomic mass is 10.0. The first-order valence-corrected chi connectivity index (χ1v) is 5.55. The van der Waals surface area contributed by atoms with Crippen molar-refractivity contribution in [2.24, 2.45) is 0 Å². The summed E-state index contributed by atoms with van der Waals surface area (Å²) >= 11 is 0. The molecule has 1 aromatic carbocycles. The van der Waals surface area contributed by atoms with Crippen LogP contribution in [-0.4, -0.2) is 9.97 Å². The quantitative estimate of drug-likeness (QED) is 0.787. The number of hydrogen-bond acceptors (Lipinski definition) is 5. The lowest BCUT2D eigenvalue weighted by Gasteiger charge is -2.13. The van der Waals surface area contributed by atoms with Crippen molar-refractivity contribution in [1.29, 1.82) is 5.26 Å². The highest BCUT2D eigenvalue weighted by molar-refractivity contribution is 5.74. The molecule has 0 amide bonds. The van der Waals surface area contributed by atoms with Crippen molar-refractivity contribution in [1.82, 2.24) is 9.97 Å². The molecule has 2 rings (SSSR count). The first-order chi connectivity index (χ1) is 10.2. The number of nitrogens with two attached hydrogens (primary N) is 2. The molecule has 0 unspecified atom stereocenters. The van der Waals surface area contributed by atoms with Crippen LogP contribution < -0.4 is 11.5 Å². The fraction of sp³-hybridized carbons (Fsp3) is 0.0833. The second-order valence-electron chi connectivity index (χ2n) is 4.08. The van der Waals surface area contributed by atoms with E-state index in [1.165, 1.54) is 6.07 Å². The van der Waals surface area contributed by atoms with Gasteiger partial charge in [0, 0.05) is 0 Å². The zero-order chi connectivity index (χ0) is 16.7. The van der Waals surface area contributed by atoms with E-state index in [1.807, 2.05) is 0 Å². The summed E-state index contributed by atoms with van der Waals surface area (Å²) in [6.07, 6.45) is -5.05. The highest BCUT2D eigenvalue weighted by Crippen LogP contribution is 2.37. The van der Waals surface area contributed by atoms with Crippen LogP contribution >= 0.6 is 0 Å². The Kier molecular flexibility index (Phi) is 3.58. The number of benzene rings is 1. The van der Waals surface area contributed by atoms with Crippen LogP contribution in [0, 0.1) is 23.0 Å². The van der Waals surface area contributed by atoms with Gasteiger partial charge < -0.3 is 11.5 Å². The normalized spacial score (nSPS) is 11.3. The summed E-state index contributed by atoms with van der Waals surface area (Å²) in [6, 6.07) is 2.14. The molecule has 0 spiro atoms. The SMILES string of the molecule is N#Cc1c(N)nc(N)nc1-c1c(F)ccc(C(F)(F)F)c1F. The third kappa shape index (κ3) is 2.48. The number of nitrogen functional groups attached to an aromatic ring is 2. The van der Waals surface area contributed by atoms with Crippen LogP contribution in [0.25, 0.3) is 11.3 Å². The number of nitrogens with zero attached hydrogens (tertiary/aromatic N) is 3. The van der Waals surface area contributed by atoms with Gasteiger partial charge in [0.2, 0.25) is 5.95 Å². The summed E-state index contributed by atoms with van der Waals surface area (Å²) in [4.78, 5) is 6.85. The molecule has 0 aliphatic rings. The summed E-state index contributed by atoms with van der Waals surface area (Å²) in [6.45, 7) is 0. The Morgan fingerprint density at radius 3 is 2.27 bits per heavy atom. The van der Waals surface area contributed by atoms with Gasteiger partial charge in [-0.05, 0) is 12.1 Å². The molecular formula is C12H6F5N5. The van der Waals surface area contributed by atoms with E-state index in [9.17, 15) is 22.0 Å². The van der Waals surface area contributed by atoms with E-state index in [-0.39, 0.29) is 6.07 Å². The van der Waals surface area contributed by atoms with Crippen LogP contribution in [0.3, 0.4) is 0 Å². The highest BCUT2D eigenvalue weighted by atomic mass is 19.4. The Labute approximate surface area is 120 Å². The smallest absolute Gasteiger partial charge is 0.382 e. The predicted octanol–water partition coefficient (Wildman–Crippen LogP) is 2.48. The maximum absolute atomic E-state index is 14.1. The zero-order valence-electron chi connectivity index (χ0n) is 10.5. The Bertz CT molecular complexity index is 794. The van der Waals surface area contributed by atoms with Gasteiger partial charge in [-0.25, -0.2) is 13.8 Å². The van der Waals surface area contributed by atoms with Crippen molar-refractivity contribution < 1.29 is 22.0 Å². The molecule has 22 heavy (non-hydrogen) atoms. The van der Waals surface area contributed by atoms with E-state index in [0.29, 0.717) is 6.07 Å². The highest BCUT2D eigenvalue weighted by Gasteiger charge is 2.37. The lowest BCUT2D eigenvalue weighted by molar-refractivity contribution is -0.139. The summed E-state index contributed by atoms with van der Waals surface area (Å²) < 4.78 is 66.0. The number of anilines is 2. The molecule has 114 valence electrons. The Morgan fingerprint density at radius 1 is 1.09 bits per heavy atom. The number of hydrogen-bond donors (Lipinski definition) is 2. The van der Waals surface area contributed by atoms with Crippen LogP contribution in [0.5, 0.6) is 0 Å². The molecule has 0 aliphatic carbocycles. The molecular weight excluding hydrogens is 309 g/mol. The Balaban J connectivity index is 2.88. The van der Waals surface area contributed by atoms with Crippen molar-refractivity contribution in [2.75, 3.05) is 11.5 Å². The minimum atomic E-state index is -5.05. The molecule has 1 heterocycles. The molecule has 0 bridgehead atoms. The van der Waals surface area contributed by atoms with Crippen molar-refractivity contribution >= 4 is 11.8 Å². The van der Waals surface area contributed by atoms with Crippen molar-refractivity contribution in [3.63, 3.8) is 0 Å². The maximum Gasteiger partial charge on any atom is 0.419 e. The monoisotopic (exact) mass is 315 g/mol. The van der Waals surface area contributed by atoms with E-state index in [1.54, 1.807) is 0 Å². The van der Waals surface area contributed by atoms with Gasteiger partial charge in [-0.2, -0.15) is 23.4 Å². The second kappa shape index (κ2) is 5.10. The average Bonchev–Trinajstić information content (AvgIpc) is 2.36. The third-order valence-electron chi connectivity index (χ3n) is 2.70. The molecule has 0 atom stereocenters.